The number of nitrogens with zero attached hydrogens (tertiary/aromatic N) is 1. The Bertz CT molecular complexity index is 695. The molecule has 2 fully saturated rings. The minimum atomic E-state index is -0.779. The molecule has 3 amide bonds. The van der Waals surface area contributed by atoms with Gasteiger partial charge in [-0.25, -0.2) is 0 Å². The molecule has 2 rings (SSSR count). The van der Waals surface area contributed by atoms with Crippen LogP contribution in [0.2, 0.25) is 0 Å². The maximum atomic E-state index is 12.9. The van der Waals surface area contributed by atoms with Crippen molar-refractivity contribution >= 4 is 23.5 Å². The van der Waals surface area contributed by atoms with Gasteiger partial charge in [0, 0.05) is 13.1 Å². The first-order valence-electron chi connectivity index (χ1n) is 9.59. The lowest BCUT2D eigenvalue weighted by Crippen LogP contribution is -2.57. The lowest BCUT2D eigenvalue weighted by molar-refractivity contribution is -0.143. The Hall–Kier alpha value is -2.22. The van der Waals surface area contributed by atoms with Gasteiger partial charge >= 0.3 is 0 Å². The second-order valence-corrected chi connectivity index (χ2v) is 9.37. The molecule has 0 aromatic rings. The molecule has 4 N–H and O–H groups in total. The number of rotatable bonds is 7. The fraction of sp³-hybridized carbons (Fsp3) is 0.700. The van der Waals surface area contributed by atoms with Gasteiger partial charge in [0.25, 0.3) is 5.91 Å². The topological polar surface area (TPSA) is 122 Å². The predicted octanol–water partition coefficient (Wildman–Crippen LogP) is -0.170. The summed E-state index contributed by atoms with van der Waals surface area (Å²) in [5.41, 5.74) is 5.66. The summed E-state index contributed by atoms with van der Waals surface area (Å²) in [6.45, 7) is 13.5. The summed E-state index contributed by atoms with van der Waals surface area (Å²) in [4.78, 5) is 50.9. The van der Waals surface area contributed by atoms with Gasteiger partial charge in [-0.1, -0.05) is 40.7 Å². The zero-order valence-electron chi connectivity index (χ0n) is 17.4. The predicted molar refractivity (Wildman–Crippen MR) is 105 cm³/mol. The van der Waals surface area contributed by atoms with E-state index in [0.717, 1.165) is 0 Å². The summed E-state index contributed by atoms with van der Waals surface area (Å²) in [5.74, 6) is -1.95. The van der Waals surface area contributed by atoms with Crippen LogP contribution in [0.3, 0.4) is 0 Å². The van der Waals surface area contributed by atoms with Crippen molar-refractivity contribution in [1.82, 2.24) is 15.5 Å². The summed E-state index contributed by atoms with van der Waals surface area (Å²) >= 11 is 0. The molecule has 8 heteroatoms. The van der Waals surface area contributed by atoms with Crippen LogP contribution in [-0.2, 0) is 19.2 Å². The molecular formula is C20H32N4O4. The van der Waals surface area contributed by atoms with Crippen molar-refractivity contribution in [3.05, 3.63) is 12.7 Å². The summed E-state index contributed by atoms with van der Waals surface area (Å²) in [6.07, 6.45) is 1.46. The minimum Gasteiger partial charge on any atom is -0.347 e. The van der Waals surface area contributed by atoms with Gasteiger partial charge in [-0.3, -0.25) is 19.2 Å². The molecule has 1 saturated carbocycles. The van der Waals surface area contributed by atoms with E-state index in [9.17, 15) is 19.2 Å². The van der Waals surface area contributed by atoms with E-state index in [2.05, 4.69) is 31.1 Å². The van der Waals surface area contributed by atoms with Crippen LogP contribution in [0.5, 0.6) is 0 Å². The molecule has 1 saturated heterocycles. The largest absolute Gasteiger partial charge is 0.347 e. The maximum Gasteiger partial charge on any atom is 0.289 e. The van der Waals surface area contributed by atoms with Crippen molar-refractivity contribution < 1.29 is 19.2 Å². The van der Waals surface area contributed by atoms with Crippen LogP contribution in [0.1, 0.15) is 34.6 Å². The van der Waals surface area contributed by atoms with E-state index in [1.807, 2.05) is 20.8 Å². The number of amides is 3. The molecule has 156 valence electrons. The molecular weight excluding hydrogens is 360 g/mol. The maximum absolute atomic E-state index is 12.9. The highest BCUT2D eigenvalue weighted by Gasteiger charge is 2.69. The number of hydrogen-bond acceptors (Lipinski definition) is 5. The molecule has 0 unspecified atom stereocenters. The molecule has 28 heavy (non-hydrogen) atoms. The van der Waals surface area contributed by atoms with E-state index in [1.165, 1.54) is 6.08 Å². The second kappa shape index (κ2) is 7.66. The van der Waals surface area contributed by atoms with Crippen molar-refractivity contribution in [2.24, 2.45) is 28.4 Å². The van der Waals surface area contributed by atoms with E-state index >= 15 is 0 Å². The third-order valence-electron chi connectivity index (χ3n) is 6.04. The van der Waals surface area contributed by atoms with Crippen LogP contribution in [0, 0.1) is 22.7 Å². The quantitative estimate of drug-likeness (QED) is 0.410. The Balaban J connectivity index is 2.07. The molecule has 0 aromatic heterocycles. The summed E-state index contributed by atoms with van der Waals surface area (Å²) in [7, 11) is 0. The van der Waals surface area contributed by atoms with E-state index in [1.54, 1.807) is 4.90 Å². The summed E-state index contributed by atoms with van der Waals surface area (Å²) in [6, 6.07) is -1.40. The van der Waals surface area contributed by atoms with Gasteiger partial charge in [0.05, 0.1) is 12.6 Å². The summed E-state index contributed by atoms with van der Waals surface area (Å²) < 4.78 is 0. The minimum absolute atomic E-state index is 0.0216. The summed E-state index contributed by atoms with van der Waals surface area (Å²) in [5, 5.41) is 4.90. The van der Waals surface area contributed by atoms with Crippen LogP contribution in [-0.4, -0.2) is 60.1 Å². The van der Waals surface area contributed by atoms with Crippen molar-refractivity contribution in [2.45, 2.75) is 46.7 Å². The first-order valence-corrected chi connectivity index (χ1v) is 9.59. The first-order chi connectivity index (χ1) is 12.8. The average molecular weight is 393 g/mol. The van der Waals surface area contributed by atoms with E-state index in [-0.39, 0.29) is 29.7 Å². The van der Waals surface area contributed by atoms with E-state index < -0.39 is 41.6 Å². The van der Waals surface area contributed by atoms with Crippen LogP contribution in [0.15, 0.2) is 12.7 Å². The molecule has 0 spiro atoms. The standard InChI is InChI=1S/C20H32N4O4/c1-7-8-22-16(26)12(25)9-23-17(27)14-13-11(20(13,5)6)10-24(14)18(28)15(21)19(2,3)4/h7,11,13-15H,1,8-10,21H2,2-6H3,(H,22,26)(H,23,27)/t11-,13-,14-,15+/m0/s1. The van der Waals surface area contributed by atoms with Crippen molar-refractivity contribution in [2.75, 3.05) is 19.6 Å². The van der Waals surface area contributed by atoms with Crippen molar-refractivity contribution in [1.29, 1.82) is 0 Å². The van der Waals surface area contributed by atoms with Gasteiger partial charge in [-0.2, -0.15) is 0 Å². The first kappa shape index (κ1) is 22.1. The zero-order valence-corrected chi connectivity index (χ0v) is 17.4. The Morgan fingerprint density at radius 2 is 1.86 bits per heavy atom. The Labute approximate surface area is 166 Å². The number of likely N-dealkylation sites (tertiary alicyclic amines) is 1. The van der Waals surface area contributed by atoms with Crippen LogP contribution in [0.4, 0.5) is 0 Å². The lowest BCUT2D eigenvalue weighted by Gasteiger charge is -2.35. The highest BCUT2D eigenvalue weighted by atomic mass is 16.2. The fourth-order valence-corrected chi connectivity index (χ4v) is 3.98. The van der Waals surface area contributed by atoms with Crippen molar-refractivity contribution in [3.63, 3.8) is 0 Å². The van der Waals surface area contributed by atoms with Gasteiger partial charge in [0.15, 0.2) is 0 Å². The van der Waals surface area contributed by atoms with Crippen LogP contribution >= 0.6 is 0 Å². The number of Topliss-reactive ketones (excluding diaryl/α,β-unsaturated/α-hetero) is 1. The molecule has 0 bridgehead atoms. The normalized spacial score (nSPS) is 26.1. The third kappa shape index (κ3) is 4.11. The number of fused-ring (bicyclic) bond motifs is 1. The number of ketones is 1. The fourth-order valence-electron chi connectivity index (χ4n) is 3.98. The molecule has 1 aliphatic carbocycles. The van der Waals surface area contributed by atoms with Gasteiger partial charge in [-0.05, 0) is 22.7 Å². The van der Waals surface area contributed by atoms with Crippen LogP contribution < -0.4 is 16.4 Å². The molecule has 0 radical (unpaired) electrons. The Morgan fingerprint density at radius 3 is 2.39 bits per heavy atom. The highest BCUT2D eigenvalue weighted by molar-refractivity contribution is 6.37. The van der Waals surface area contributed by atoms with E-state index in [0.29, 0.717) is 6.54 Å². The molecule has 2 aliphatic rings. The number of carbonyl (C=O) groups is 4. The number of nitrogens with one attached hydrogen (secondary N) is 2. The Kier molecular flexibility index (Phi) is 6.04. The van der Waals surface area contributed by atoms with Gasteiger partial charge in [0.2, 0.25) is 17.6 Å². The van der Waals surface area contributed by atoms with Gasteiger partial charge < -0.3 is 21.3 Å². The smallest absolute Gasteiger partial charge is 0.289 e. The number of carbonyl (C=O) groups excluding carboxylic acids is 4. The van der Waals surface area contributed by atoms with Gasteiger partial charge in [-0.15, -0.1) is 6.58 Å². The Morgan fingerprint density at radius 1 is 1.25 bits per heavy atom. The average Bonchev–Trinajstić information content (AvgIpc) is 2.97. The molecule has 0 aromatic carbocycles. The molecule has 8 nitrogen and oxygen atoms in total. The number of piperidine rings is 1. The highest BCUT2D eigenvalue weighted by Crippen LogP contribution is 2.64. The molecule has 1 aliphatic heterocycles. The second-order valence-electron chi connectivity index (χ2n) is 9.37. The number of nitrogens with two attached hydrogens (primary N) is 1. The van der Waals surface area contributed by atoms with Gasteiger partial charge in [0.1, 0.15) is 6.04 Å². The third-order valence-corrected chi connectivity index (χ3v) is 6.04. The van der Waals surface area contributed by atoms with E-state index in [4.69, 9.17) is 5.73 Å². The van der Waals surface area contributed by atoms with Crippen LogP contribution in [0.25, 0.3) is 0 Å². The molecule has 1 heterocycles. The zero-order chi connectivity index (χ0) is 21.4. The SMILES string of the molecule is C=CCNC(=O)C(=O)CNC(=O)[C@@H]1[C@@H]2[C@H](CN1C(=O)[C@@H](N)C(C)(C)C)C2(C)C. The molecule has 4 atom stereocenters. The monoisotopic (exact) mass is 392 g/mol. The van der Waals surface area contributed by atoms with Crippen molar-refractivity contribution in [3.8, 4) is 0 Å². The number of hydrogen-bond donors (Lipinski definition) is 3. The lowest BCUT2D eigenvalue weighted by atomic mass is 9.86.